The Bertz CT molecular complexity index is 610. The van der Waals surface area contributed by atoms with Crippen molar-refractivity contribution in [1.82, 2.24) is 14.5 Å². The van der Waals surface area contributed by atoms with Gasteiger partial charge in [0.1, 0.15) is 6.10 Å². The van der Waals surface area contributed by atoms with Gasteiger partial charge in [-0.15, -0.1) is 0 Å². The lowest BCUT2D eigenvalue weighted by Gasteiger charge is -2.23. The van der Waals surface area contributed by atoms with Crippen LogP contribution in [-0.4, -0.2) is 50.3 Å². The van der Waals surface area contributed by atoms with Crippen molar-refractivity contribution in [3.63, 3.8) is 0 Å². The summed E-state index contributed by atoms with van der Waals surface area (Å²) in [6.07, 6.45) is 4.16. The van der Waals surface area contributed by atoms with Crippen LogP contribution in [-0.2, 0) is 26.5 Å². The zero-order valence-electron chi connectivity index (χ0n) is 13.5. The number of sulfonamides is 1. The second kappa shape index (κ2) is 7.29. The highest BCUT2D eigenvalue weighted by Crippen LogP contribution is 2.33. The van der Waals surface area contributed by atoms with E-state index in [0.29, 0.717) is 26.4 Å². The van der Waals surface area contributed by atoms with Crippen LogP contribution >= 0.6 is 0 Å². The number of hydrogen-bond donors (Lipinski definition) is 1. The fraction of sp³-hybridized carbons (Fsp3) is 0.800. The largest absolute Gasteiger partial charge is 0.381 e. The molecule has 130 valence electrons. The molecular formula is C15H25N3O4S. The summed E-state index contributed by atoms with van der Waals surface area (Å²) in [5.41, 5.74) is 0.996. The minimum Gasteiger partial charge on any atom is -0.381 e. The zero-order chi connectivity index (χ0) is 16.3. The smallest absolute Gasteiger partial charge is 0.211 e. The van der Waals surface area contributed by atoms with Crippen molar-refractivity contribution in [2.45, 2.75) is 25.4 Å². The Morgan fingerprint density at radius 2 is 2.09 bits per heavy atom. The molecule has 3 rings (SSSR count). The standard InChI is InChI=1S/C15H25N3O4S/c1-18-14(2-6-16-18)15-13(5-9-22-15)10-17-23(19,20)11-12-3-7-21-8-4-12/h2,6,12-13,15,17H,3-5,7-11H2,1H3/t13-,15+/m0/s1. The Morgan fingerprint density at radius 3 is 2.78 bits per heavy atom. The van der Waals surface area contributed by atoms with E-state index < -0.39 is 10.0 Å². The van der Waals surface area contributed by atoms with E-state index >= 15 is 0 Å². The van der Waals surface area contributed by atoms with Crippen LogP contribution in [0.2, 0.25) is 0 Å². The molecule has 1 aromatic heterocycles. The fourth-order valence-electron chi connectivity index (χ4n) is 3.35. The molecule has 3 heterocycles. The van der Waals surface area contributed by atoms with Gasteiger partial charge in [0.15, 0.2) is 0 Å². The van der Waals surface area contributed by atoms with Gasteiger partial charge >= 0.3 is 0 Å². The van der Waals surface area contributed by atoms with Crippen LogP contribution in [0.5, 0.6) is 0 Å². The van der Waals surface area contributed by atoms with E-state index in [1.807, 2.05) is 13.1 Å². The SMILES string of the molecule is Cn1nccc1[C@@H]1OCC[C@H]1CNS(=O)(=O)CC1CCOCC1. The summed E-state index contributed by atoms with van der Waals surface area (Å²) in [5.74, 6) is 0.546. The van der Waals surface area contributed by atoms with Crippen LogP contribution in [0.15, 0.2) is 12.3 Å². The highest BCUT2D eigenvalue weighted by Gasteiger charge is 2.32. The number of nitrogens with zero attached hydrogens (tertiary/aromatic N) is 2. The van der Waals surface area contributed by atoms with Crippen molar-refractivity contribution in [3.05, 3.63) is 18.0 Å². The summed E-state index contributed by atoms with van der Waals surface area (Å²) < 4.78 is 40.3. The van der Waals surface area contributed by atoms with Crippen LogP contribution < -0.4 is 4.72 Å². The molecule has 0 spiro atoms. The Morgan fingerprint density at radius 1 is 1.30 bits per heavy atom. The maximum Gasteiger partial charge on any atom is 0.211 e. The van der Waals surface area contributed by atoms with Gasteiger partial charge in [-0.3, -0.25) is 4.68 Å². The number of ether oxygens (including phenoxy) is 2. The van der Waals surface area contributed by atoms with Crippen molar-refractivity contribution in [1.29, 1.82) is 0 Å². The highest BCUT2D eigenvalue weighted by atomic mass is 32.2. The van der Waals surface area contributed by atoms with E-state index in [4.69, 9.17) is 9.47 Å². The van der Waals surface area contributed by atoms with Crippen LogP contribution in [0.4, 0.5) is 0 Å². The second-order valence-electron chi connectivity index (χ2n) is 6.41. The van der Waals surface area contributed by atoms with Gasteiger partial charge < -0.3 is 9.47 Å². The summed E-state index contributed by atoms with van der Waals surface area (Å²) in [7, 11) is -1.38. The fourth-order valence-corrected chi connectivity index (χ4v) is 4.89. The molecule has 0 unspecified atom stereocenters. The molecule has 23 heavy (non-hydrogen) atoms. The molecular weight excluding hydrogens is 318 g/mol. The van der Waals surface area contributed by atoms with E-state index in [2.05, 4.69) is 9.82 Å². The molecule has 2 aliphatic heterocycles. The van der Waals surface area contributed by atoms with E-state index in [-0.39, 0.29) is 23.7 Å². The van der Waals surface area contributed by atoms with E-state index in [1.54, 1.807) is 10.9 Å². The maximum absolute atomic E-state index is 12.3. The summed E-state index contributed by atoms with van der Waals surface area (Å²) in [6.45, 7) is 2.40. The van der Waals surface area contributed by atoms with Crippen LogP contribution in [0, 0.1) is 11.8 Å². The van der Waals surface area contributed by atoms with Gasteiger partial charge in [-0.2, -0.15) is 5.10 Å². The van der Waals surface area contributed by atoms with Gasteiger partial charge in [0, 0.05) is 45.5 Å². The number of rotatable bonds is 6. The molecule has 0 radical (unpaired) electrons. The monoisotopic (exact) mass is 343 g/mol. The van der Waals surface area contributed by atoms with Crippen molar-refractivity contribution < 1.29 is 17.9 Å². The predicted molar refractivity (Wildman–Crippen MR) is 85.3 cm³/mol. The Kier molecular flexibility index (Phi) is 5.35. The molecule has 0 bridgehead atoms. The lowest BCUT2D eigenvalue weighted by molar-refractivity contribution is 0.0722. The third kappa shape index (κ3) is 4.32. The minimum atomic E-state index is -3.25. The van der Waals surface area contributed by atoms with Gasteiger partial charge in [0.05, 0.1) is 11.4 Å². The number of aromatic nitrogens is 2. The molecule has 0 aliphatic carbocycles. The molecule has 0 amide bonds. The molecule has 2 fully saturated rings. The summed E-state index contributed by atoms with van der Waals surface area (Å²) in [4.78, 5) is 0. The third-order valence-electron chi connectivity index (χ3n) is 4.73. The van der Waals surface area contributed by atoms with Crippen molar-refractivity contribution in [2.24, 2.45) is 18.9 Å². The minimum absolute atomic E-state index is 0.0896. The zero-order valence-corrected chi connectivity index (χ0v) is 14.3. The molecule has 7 nitrogen and oxygen atoms in total. The van der Waals surface area contributed by atoms with E-state index in [1.165, 1.54) is 0 Å². The quantitative estimate of drug-likeness (QED) is 0.828. The topological polar surface area (TPSA) is 82.5 Å². The number of aryl methyl sites for hydroxylation is 1. The van der Waals surface area contributed by atoms with Crippen molar-refractivity contribution in [3.8, 4) is 0 Å². The average molecular weight is 343 g/mol. The molecule has 8 heteroatoms. The molecule has 0 aromatic carbocycles. The van der Waals surface area contributed by atoms with Crippen LogP contribution in [0.3, 0.4) is 0 Å². The summed E-state index contributed by atoms with van der Waals surface area (Å²) in [6, 6.07) is 1.93. The normalized spacial score (nSPS) is 26.7. The maximum atomic E-state index is 12.3. The Labute approximate surface area is 137 Å². The van der Waals surface area contributed by atoms with Crippen LogP contribution in [0.1, 0.15) is 31.1 Å². The first-order chi connectivity index (χ1) is 11.1. The highest BCUT2D eigenvalue weighted by molar-refractivity contribution is 7.89. The lowest BCUT2D eigenvalue weighted by Crippen LogP contribution is -2.35. The first kappa shape index (κ1) is 16.9. The number of hydrogen-bond acceptors (Lipinski definition) is 5. The van der Waals surface area contributed by atoms with E-state index in [0.717, 1.165) is 25.0 Å². The van der Waals surface area contributed by atoms with Gasteiger partial charge in [-0.05, 0) is 31.2 Å². The van der Waals surface area contributed by atoms with Gasteiger partial charge in [0.2, 0.25) is 10.0 Å². The van der Waals surface area contributed by atoms with Crippen molar-refractivity contribution >= 4 is 10.0 Å². The first-order valence-electron chi connectivity index (χ1n) is 8.20. The molecule has 1 N–H and O–H groups in total. The predicted octanol–water partition coefficient (Wildman–Crippen LogP) is 0.844. The second-order valence-corrected chi connectivity index (χ2v) is 8.26. The summed E-state index contributed by atoms with van der Waals surface area (Å²) in [5, 5.41) is 4.17. The van der Waals surface area contributed by atoms with E-state index in [9.17, 15) is 8.42 Å². The number of nitrogens with one attached hydrogen (secondary N) is 1. The van der Waals surface area contributed by atoms with Gasteiger partial charge in [-0.1, -0.05) is 0 Å². The lowest BCUT2D eigenvalue weighted by atomic mass is 9.99. The van der Waals surface area contributed by atoms with Crippen LogP contribution in [0.25, 0.3) is 0 Å². The molecule has 2 saturated heterocycles. The molecule has 1 aromatic rings. The first-order valence-corrected chi connectivity index (χ1v) is 9.85. The van der Waals surface area contributed by atoms with Gasteiger partial charge in [0.25, 0.3) is 0 Å². The molecule has 0 saturated carbocycles. The molecule has 2 atom stereocenters. The molecule has 2 aliphatic rings. The summed E-state index contributed by atoms with van der Waals surface area (Å²) >= 11 is 0. The third-order valence-corrected chi connectivity index (χ3v) is 6.24. The Hall–Kier alpha value is -0.960. The Balaban J connectivity index is 1.55. The average Bonchev–Trinajstić information content (AvgIpc) is 3.14. The van der Waals surface area contributed by atoms with Crippen molar-refractivity contribution in [2.75, 3.05) is 32.1 Å². The van der Waals surface area contributed by atoms with Gasteiger partial charge in [-0.25, -0.2) is 13.1 Å².